The number of carbonyl (C=O) groups is 1. The van der Waals surface area contributed by atoms with Crippen LogP contribution in [0.1, 0.15) is 22.6 Å². The van der Waals surface area contributed by atoms with Crippen LogP contribution in [0.2, 0.25) is 0 Å². The molecule has 0 unspecified atom stereocenters. The molecule has 2 aromatic heterocycles. The molecule has 0 saturated carbocycles. The maximum absolute atomic E-state index is 12.4. The van der Waals surface area contributed by atoms with Gasteiger partial charge in [0.2, 0.25) is 0 Å². The maximum atomic E-state index is 12.4. The fraction of sp³-hybridized carbons (Fsp3) is 0.333. The number of alkyl halides is 3. The Labute approximate surface area is 127 Å². The van der Waals surface area contributed by atoms with Gasteiger partial charge in [-0.2, -0.15) is 18.3 Å². The molecule has 0 aromatic carbocycles. The van der Waals surface area contributed by atoms with E-state index in [0.717, 1.165) is 0 Å². The van der Waals surface area contributed by atoms with Gasteiger partial charge in [-0.25, -0.2) is 9.97 Å². The number of aromatic amines is 1. The van der Waals surface area contributed by atoms with E-state index in [1.807, 2.05) is 0 Å². The average molecular weight is 331 g/mol. The molecule has 0 radical (unpaired) electrons. The molecule has 6 nitrogen and oxygen atoms in total. The van der Waals surface area contributed by atoms with Crippen LogP contribution in [-0.2, 0) is 6.42 Å². The molecule has 0 spiro atoms. The zero-order chi connectivity index (χ0) is 16.0. The van der Waals surface area contributed by atoms with E-state index in [0.29, 0.717) is 25.2 Å². The fourth-order valence-electron chi connectivity index (χ4n) is 1.66. The molecule has 2 heterocycles. The summed E-state index contributed by atoms with van der Waals surface area (Å²) in [5.74, 6) is 0.0985. The van der Waals surface area contributed by atoms with Crippen LogP contribution >= 0.6 is 11.8 Å². The number of nitrogens with zero attached hydrogens (tertiary/aromatic N) is 3. The molecule has 0 aliphatic heterocycles. The van der Waals surface area contributed by atoms with E-state index in [-0.39, 0.29) is 10.6 Å². The maximum Gasteiger partial charge on any atom is 0.447 e. The van der Waals surface area contributed by atoms with Crippen molar-refractivity contribution in [1.29, 1.82) is 0 Å². The van der Waals surface area contributed by atoms with Crippen LogP contribution in [0.3, 0.4) is 0 Å². The summed E-state index contributed by atoms with van der Waals surface area (Å²) in [4.78, 5) is 19.5. The first-order valence-corrected chi connectivity index (χ1v) is 7.10. The Morgan fingerprint density at radius 1 is 1.36 bits per heavy atom. The molecular formula is C12H12F3N5OS. The molecule has 1 amide bonds. The van der Waals surface area contributed by atoms with Crippen LogP contribution in [0.4, 0.5) is 13.2 Å². The minimum absolute atomic E-state index is 0.0931. The van der Waals surface area contributed by atoms with Gasteiger partial charge in [0.15, 0.2) is 0 Å². The van der Waals surface area contributed by atoms with Crippen LogP contribution < -0.4 is 5.32 Å². The molecule has 2 rings (SSSR count). The second-order valence-corrected chi connectivity index (χ2v) is 5.25. The average Bonchev–Trinajstić information content (AvgIpc) is 2.95. The zero-order valence-corrected chi connectivity index (χ0v) is 12.0. The highest BCUT2D eigenvalue weighted by atomic mass is 32.2. The lowest BCUT2D eigenvalue weighted by Crippen LogP contribution is -2.26. The first-order chi connectivity index (χ1) is 10.5. The summed E-state index contributed by atoms with van der Waals surface area (Å²) in [6.45, 7) is 0.310. The molecule has 22 heavy (non-hydrogen) atoms. The fourth-order valence-corrected chi connectivity index (χ4v) is 2.26. The third kappa shape index (κ3) is 5.02. The molecule has 10 heteroatoms. The van der Waals surface area contributed by atoms with E-state index in [4.69, 9.17) is 0 Å². The van der Waals surface area contributed by atoms with E-state index < -0.39 is 23.2 Å². The summed E-state index contributed by atoms with van der Waals surface area (Å²) >= 11 is -0.402. The van der Waals surface area contributed by atoms with E-state index in [2.05, 4.69) is 25.5 Å². The Balaban J connectivity index is 1.89. The number of aromatic nitrogens is 4. The zero-order valence-electron chi connectivity index (χ0n) is 11.2. The first-order valence-electron chi connectivity index (χ1n) is 6.29. The number of hydrogen-bond donors (Lipinski definition) is 2. The quantitative estimate of drug-likeness (QED) is 0.626. The minimum Gasteiger partial charge on any atom is -0.352 e. The Kier molecular flexibility index (Phi) is 5.36. The highest BCUT2D eigenvalue weighted by Crippen LogP contribution is 2.37. The number of pyridine rings is 1. The van der Waals surface area contributed by atoms with Gasteiger partial charge in [0, 0.05) is 30.9 Å². The van der Waals surface area contributed by atoms with Gasteiger partial charge in [-0.15, -0.1) is 0 Å². The molecule has 0 bridgehead atoms. The van der Waals surface area contributed by atoms with Gasteiger partial charge in [-0.3, -0.25) is 9.89 Å². The molecule has 0 aliphatic carbocycles. The summed E-state index contributed by atoms with van der Waals surface area (Å²) in [5.41, 5.74) is -4.58. The predicted octanol–water partition coefficient (Wildman–Crippen LogP) is 2.17. The number of thioether (sulfide) groups is 1. The summed E-state index contributed by atoms with van der Waals surface area (Å²) in [6, 6.07) is 2.73. The molecule has 0 atom stereocenters. The van der Waals surface area contributed by atoms with Gasteiger partial charge in [-0.05, 0) is 18.6 Å². The lowest BCUT2D eigenvalue weighted by atomic mass is 10.2. The van der Waals surface area contributed by atoms with Crippen molar-refractivity contribution in [3.05, 3.63) is 36.0 Å². The Hall–Kier alpha value is -2.10. The van der Waals surface area contributed by atoms with Crippen molar-refractivity contribution >= 4 is 17.7 Å². The number of nitrogens with one attached hydrogen (secondary N) is 2. The van der Waals surface area contributed by atoms with E-state index in [1.54, 1.807) is 0 Å². The Bertz CT molecular complexity index is 617. The van der Waals surface area contributed by atoms with Gasteiger partial charge < -0.3 is 5.32 Å². The first kappa shape index (κ1) is 16.3. The second kappa shape index (κ2) is 7.25. The minimum atomic E-state index is -4.49. The van der Waals surface area contributed by atoms with Crippen molar-refractivity contribution < 1.29 is 18.0 Å². The molecule has 0 aliphatic rings. The number of halogens is 3. The van der Waals surface area contributed by atoms with Crippen LogP contribution in [0, 0.1) is 0 Å². The third-order valence-electron chi connectivity index (χ3n) is 2.57. The van der Waals surface area contributed by atoms with E-state index in [9.17, 15) is 18.0 Å². The molecule has 0 fully saturated rings. The molecule has 118 valence electrons. The lowest BCUT2D eigenvalue weighted by Gasteiger charge is -2.10. The summed E-state index contributed by atoms with van der Waals surface area (Å²) < 4.78 is 37.3. The topological polar surface area (TPSA) is 83.6 Å². The standard InChI is InChI=1S/C12H12F3N5OS/c13-12(14,15)22-11-8(3-1-6-17-11)10(21)16-5-2-4-9-18-7-19-20-9/h1,3,6-7H,2,4-5H2,(H,16,21)(H,18,19,20). The lowest BCUT2D eigenvalue weighted by molar-refractivity contribution is -0.0329. The van der Waals surface area contributed by atoms with Crippen molar-refractivity contribution in [2.75, 3.05) is 6.54 Å². The van der Waals surface area contributed by atoms with Crippen molar-refractivity contribution in [3.8, 4) is 0 Å². The van der Waals surface area contributed by atoms with E-state index >= 15 is 0 Å². The van der Waals surface area contributed by atoms with Gasteiger partial charge in [0.1, 0.15) is 17.2 Å². The van der Waals surface area contributed by atoms with Crippen LogP contribution in [0.5, 0.6) is 0 Å². The second-order valence-electron chi connectivity index (χ2n) is 4.20. The highest BCUT2D eigenvalue weighted by Gasteiger charge is 2.32. The monoisotopic (exact) mass is 331 g/mol. The van der Waals surface area contributed by atoms with Crippen LogP contribution in [0.25, 0.3) is 0 Å². The number of aryl methyl sites for hydroxylation is 1. The van der Waals surface area contributed by atoms with E-state index in [1.165, 1.54) is 24.7 Å². The number of amides is 1. The number of hydrogen-bond acceptors (Lipinski definition) is 5. The highest BCUT2D eigenvalue weighted by molar-refractivity contribution is 8.00. The summed E-state index contributed by atoms with van der Waals surface area (Å²) in [5, 5.41) is 8.58. The van der Waals surface area contributed by atoms with Gasteiger partial charge in [0.25, 0.3) is 5.91 Å². The van der Waals surface area contributed by atoms with Gasteiger partial charge >= 0.3 is 5.51 Å². The summed E-state index contributed by atoms with van der Waals surface area (Å²) in [7, 11) is 0. The third-order valence-corrected chi connectivity index (χ3v) is 3.32. The van der Waals surface area contributed by atoms with Crippen molar-refractivity contribution in [2.24, 2.45) is 0 Å². The Morgan fingerprint density at radius 3 is 2.86 bits per heavy atom. The van der Waals surface area contributed by atoms with Crippen molar-refractivity contribution in [2.45, 2.75) is 23.4 Å². The van der Waals surface area contributed by atoms with Crippen molar-refractivity contribution in [1.82, 2.24) is 25.5 Å². The van der Waals surface area contributed by atoms with Gasteiger partial charge in [-0.1, -0.05) is 0 Å². The number of H-pyrrole nitrogens is 1. The SMILES string of the molecule is O=C(NCCCc1ncn[nH]1)c1cccnc1SC(F)(F)F. The Morgan fingerprint density at radius 2 is 2.18 bits per heavy atom. The van der Waals surface area contributed by atoms with Gasteiger partial charge in [0.05, 0.1) is 5.56 Å². The molecule has 0 saturated heterocycles. The predicted molar refractivity (Wildman–Crippen MR) is 73.2 cm³/mol. The largest absolute Gasteiger partial charge is 0.447 e. The molecule has 2 N–H and O–H groups in total. The van der Waals surface area contributed by atoms with Crippen LogP contribution in [0.15, 0.2) is 29.7 Å². The molecular weight excluding hydrogens is 319 g/mol. The smallest absolute Gasteiger partial charge is 0.352 e. The van der Waals surface area contributed by atoms with Crippen LogP contribution in [-0.4, -0.2) is 38.1 Å². The number of carbonyl (C=O) groups excluding carboxylic acids is 1. The number of rotatable bonds is 6. The summed E-state index contributed by atoms with van der Waals surface area (Å²) in [6.07, 6.45) is 3.76. The molecule has 2 aromatic rings. The normalized spacial score (nSPS) is 11.4. The van der Waals surface area contributed by atoms with Crippen molar-refractivity contribution in [3.63, 3.8) is 0 Å².